The quantitative estimate of drug-likeness (QED) is 0.841. The third-order valence-corrected chi connectivity index (χ3v) is 3.99. The number of carbonyl (C=O) groups excluding carboxylic acids is 1. The van der Waals surface area contributed by atoms with Gasteiger partial charge < -0.3 is 10.2 Å². The first-order valence-corrected chi connectivity index (χ1v) is 7.27. The van der Waals surface area contributed by atoms with Crippen molar-refractivity contribution in [2.24, 2.45) is 5.92 Å². The molecule has 0 bridgehead atoms. The molecule has 0 aromatic carbocycles. The van der Waals surface area contributed by atoms with E-state index < -0.39 is 0 Å². The number of carbonyl (C=O) groups is 1. The highest BCUT2D eigenvalue weighted by atomic mass is 16.2. The molecule has 1 aromatic heterocycles. The van der Waals surface area contributed by atoms with E-state index in [1.165, 1.54) is 25.7 Å². The van der Waals surface area contributed by atoms with Gasteiger partial charge in [0.15, 0.2) is 0 Å². The number of amides is 1. The van der Waals surface area contributed by atoms with Crippen LogP contribution < -0.4 is 5.32 Å². The summed E-state index contributed by atoms with van der Waals surface area (Å²) in [6.45, 7) is 4.72. The molecular formula is C14H22N4O. The Kier molecular flexibility index (Phi) is 3.55. The number of H-pyrrole nitrogens is 1. The maximum Gasteiger partial charge on any atom is 0.274 e. The summed E-state index contributed by atoms with van der Waals surface area (Å²) in [5, 5.41) is 10.4. The first-order chi connectivity index (χ1) is 9.22. The van der Waals surface area contributed by atoms with E-state index in [1.54, 1.807) is 0 Å². The van der Waals surface area contributed by atoms with Gasteiger partial charge in [-0.05, 0) is 51.1 Å². The Morgan fingerprint density at radius 3 is 2.84 bits per heavy atom. The Bertz CT molecular complexity index is 446. The summed E-state index contributed by atoms with van der Waals surface area (Å²) in [4.78, 5) is 14.5. The highest BCUT2D eigenvalue weighted by molar-refractivity contribution is 5.92. The maximum absolute atomic E-state index is 12.5. The first-order valence-electron chi connectivity index (χ1n) is 7.27. The summed E-state index contributed by atoms with van der Waals surface area (Å²) in [7, 11) is 0. The molecule has 1 aromatic rings. The van der Waals surface area contributed by atoms with Gasteiger partial charge in [-0.15, -0.1) is 0 Å². The van der Waals surface area contributed by atoms with Gasteiger partial charge in [-0.25, -0.2) is 0 Å². The largest absolute Gasteiger partial charge is 0.335 e. The van der Waals surface area contributed by atoms with Gasteiger partial charge in [-0.1, -0.05) is 0 Å². The number of aromatic nitrogens is 2. The van der Waals surface area contributed by atoms with E-state index in [1.807, 2.05) is 17.9 Å². The fraction of sp³-hybridized carbons (Fsp3) is 0.714. The Hall–Kier alpha value is -1.36. The molecule has 0 spiro atoms. The van der Waals surface area contributed by atoms with Crippen LogP contribution >= 0.6 is 0 Å². The second-order valence-electron chi connectivity index (χ2n) is 5.88. The Morgan fingerprint density at radius 1 is 1.42 bits per heavy atom. The Labute approximate surface area is 113 Å². The van der Waals surface area contributed by atoms with Crippen LogP contribution in [0.1, 0.15) is 41.9 Å². The molecule has 3 rings (SSSR count). The van der Waals surface area contributed by atoms with E-state index in [0.29, 0.717) is 17.7 Å². The fourth-order valence-electron chi connectivity index (χ4n) is 2.72. The van der Waals surface area contributed by atoms with E-state index in [9.17, 15) is 4.79 Å². The summed E-state index contributed by atoms with van der Waals surface area (Å²) < 4.78 is 0. The molecule has 5 heteroatoms. The summed E-state index contributed by atoms with van der Waals surface area (Å²) in [6, 6.07) is 2.30. The lowest BCUT2D eigenvalue weighted by Gasteiger charge is -2.25. The minimum absolute atomic E-state index is 0.0740. The maximum atomic E-state index is 12.5. The van der Waals surface area contributed by atoms with Gasteiger partial charge >= 0.3 is 0 Å². The molecule has 5 nitrogen and oxygen atoms in total. The minimum atomic E-state index is 0.0740. The van der Waals surface area contributed by atoms with Gasteiger partial charge in [0.25, 0.3) is 5.91 Å². The smallest absolute Gasteiger partial charge is 0.274 e. The number of nitrogens with one attached hydrogen (secondary N) is 2. The van der Waals surface area contributed by atoms with Gasteiger partial charge in [-0.2, -0.15) is 5.10 Å². The first kappa shape index (κ1) is 12.7. The molecule has 0 radical (unpaired) electrons. The zero-order valence-electron chi connectivity index (χ0n) is 11.5. The van der Waals surface area contributed by atoms with Crippen LogP contribution in [-0.4, -0.2) is 46.7 Å². The predicted octanol–water partition coefficient (Wildman–Crippen LogP) is 1.32. The van der Waals surface area contributed by atoms with Gasteiger partial charge in [0.1, 0.15) is 5.69 Å². The van der Waals surface area contributed by atoms with Crippen LogP contribution in [0, 0.1) is 12.8 Å². The van der Waals surface area contributed by atoms with Crippen molar-refractivity contribution in [2.45, 2.75) is 38.6 Å². The summed E-state index contributed by atoms with van der Waals surface area (Å²) in [6.07, 6.45) is 4.93. The molecule has 19 heavy (non-hydrogen) atoms. The standard InChI is InChI=1S/C14H22N4O/c1-10-7-13(17-16-10)14(19)18(8-11-4-5-11)9-12-3-2-6-15-12/h7,11-12,15H,2-6,8-9H2,1H3,(H,16,17). The van der Waals surface area contributed by atoms with Gasteiger partial charge in [-0.3, -0.25) is 9.89 Å². The average molecular weight is 262 g/mol. The Morgan fingerprint density at radius 2 is 2.26 bits per heavy atom. The molecule has 1 aliphatic heterocycles. The number of hydrogen-bond donors (Lipinski definition) is 2. The van der Waals surface area contributed by atoms with Crippen molar-refractivity contribution < 1.29 is 4.79 Å². The number of aryl methyl sites for hydroxylation is 1. The topological polar surface area (TPSA) is 61.0 Å². The van der Waals surface area contributed by atoms with Crippen LogP contribution in [0.5, 0.6) is 0 Å². The molecule has 1 saturated heterocycles. The molecule has 1 atom stereocenters. The van der Waals surface area contributed by atoms with E-state index in [0.717, 1.165) is 25.3 Å². The lowest BCUT2D eigenvalue weighted by molar-refractivity contribution is 0.0727. The Balaban J connectivity index is 1.67. The van der Waals surface area contributed by atoms with Crippen LogP contribution in [0.2, 0.25) is 0 Å². The zero-order chi connectivity index (χ0) is 13.2. The second-order valence-corrected chi connectivity index (χ2v) is 5.88. The van der Waals surface area contributed by atoms with Crippen LogP contribution in [0.4, 0.5) is 0 Å². The van der Waals surface area contributed by atoms with Crippen LogP contribution in [0.15, 0.2) is 6.07 Å². The lowest BCUT2D eigenvalue weighted by Crippen LogP contribution is -2.42. The van der Waals surface area contributed by atoms with Crippen molar-refractivity contribution in [3.05, 3.63) is 17.5 Å². The lowest BCUT2D eigenvalue weighted by atomic mass is 10.2. The number of aromatic amines is 1. The molecule has 1 saturated carbocycles. The number of hydrogen-bond acceptors (Lipinski definition) is 3. The molecule has 1 aliphatic carbocycles. The van der Waals surface area contributed by atoms with Crippen molar-refractivity contribution >= 4 is 5.91 Å². The summed E-state index contributed by atoms with van der Waals surface area (Å²) in [5.41, 5.74) is 1.49. The normalized spacial score (nSPS) is 22.7. The number of rotatable bonds is 5. The molecule has 2 heterocycles. The number of nitrogens with zero attached hydrogens (tertiary/aromatic N) is 2. The van der Waals surface area contributed by atoms with Crippen molar-refractivity contribution in [2.75, 3.05) is 19.6 Å². The van der Waals surface area contributed by atoms with E-state index in [-0.39, 0.29) is 5.91 Å². The SMILES string of the molecule is Cc1cc(C(=O)N(CC2CC2)CC2CCCN2)n[nH]1. The third kappa shape index (κ3) is 3.15. The molecule has 2 fully saturated rings. The van der Waals surface area contributed by atoms with Crippen LogP contribution in [0.3, 0.4) is 0 Å². The van der Waals surface area contributed by atoms with Gasteiger partial charge in [0, 0.05) is 24.8 Å². The highest BCUT2D eigenvalue weighted by Crippen LogP contribution is 2.30. The van der Waals surface area contributed by atoms with Gasteiger partial charge in [0.2, 0.25) is 0 Å². The molecule has 104 valence electrons. The summed E-state index contributed by atoms with van der Waals surface area (Å²) >= 11 is 0. The second kappa shape index (κ2) is 5.33. The van der Waals surface area contributed by atoms with E-state index in [2.05, 4.69) is 15.5 Å². The summed E-state index contributed by atoms with van der Waals surface area (Å²) in [5.74, 6) is 0.787. The van der Waals surface area contributed by atoms with Crippen molar-refractivity contribution in [1.29, 1.82) is 0 Å². The molecule has 1 unspecified atom stereocenters. The highest BCUT2D eigenvalue weighted by Gasteiger charge is 2.30. The predicted molar refractivity (Wildman–Crippen MR) is 73.0 cm³/mol. The molecule has 2 N–H and O–H groups in total. The van der Waals surface area contributed by atoms with Crippen molar-refractivity contribution in [3.8, 4) is 0 Å². The van der Waals surface area contributed by atoms with Gasteiger partial charge in [0.05, 0.1) is 0 Å². The molecule has 1 amide bonds. The van der Waals surface area contributed by atoms with Crippen LogP contribution in [-0.2, 0) is 0 Å². The van der Waals surface area contributed by atoms with E-state index in [4.69, 9.17) is 0 Å². The zero-order valence-corrected chi connectivity index (χ0v) is 11.5. The minimum Gasteiger partial charge on any atom is -0.335 e. The molecule has 2 aliphatic rings. The average Bonchev–Trinajstić information content (AvgIpc) is 2.89. The van der Waals surface area contributed by atoms with Crippen molar-refractivity contribution in [3.63, 3.8) is 0 Å². The van der Waals surface area contributed by atoms with Crippen LogP contribution in [0.25, 0.3) is 0 Å². The monoisotopic (exact) mass is 262 g/mol. The van der Waals surface area contributed by atoms with Crippen molar-refractivity contribution in [1.82, 2.24) is 20.4 Å². The molecular weight excluding hydrogens is 240 g/mol. The van der Waals surface area contributed by atoms with E-state index >= 15 is 0 Å². The fourth-order valence-corrected chi connectivity index (χ4v) is 2.72. The third-order valence-electron chi connectivity index (χ3n) is 3.99.